The van der Waals surface area contributed by atoms with E-state index in [-0.39, 0.29) is 0 Å². The van der Waals surface area contributed by atoms with Crippen LogP contribution in [-0.4, -0.2) is 50.3 Å². The molecular formula is C17H36N2O. The Bertz CT molecular complexity index is 244. The molecule has 0 bridgehead atoms. The van der Waals surface area contributed by atoms with E-state index in [1.165, 1.54) is 32.1 Å². The lowest BCUT2D eigenvalue weighted by Crippen LogP contribution is -2.43. The molecule has 1 aliphatic rings. The minimum Gasteiger partial charge on any atom is -0.377 e. The molecule has 1 saturated heterocycles. The van der Waals surface area contributed by atoms with Gasteiger partial charge in [0.15, 0.2) is 0 Å². The van der Waals surface area contributed by atoms with Gasteiger partial charge in [-0.3, -0.25) is 0 Å². The lowest BCUT2D eigenvalue weighted by atomic mass is 9.84. The SMILES string of the molecule is CCCNC(CCN(C)CC1CCCCO1)C(C)(C)C. The van der Waals surface area contributed by atoms with Crippen LogP contribution in [0.5, 0.6) is 0 Å². The fraction of sp³-hybridized carbons (Fsp3) is 1.00. The Morgan fingerprint density at radius 3 is 2.60 bits per heavy atom. The van der Waals surface area contributed by atoms with Gasteiger partial charge in [-0.15, -0.1) is 0 Å². The van der Waals surface area contributed by atoms with E-state index in [0.29, 0.717) is 17.6 Å². The summed E-state index contributed by atoms with van der Waals surface area (Å²) in [5.74, 6) is 0. The highest BCUT2D eigenvalue weighted by atomic mass is 16.5. The third-order valence-electron chi connectivity index (χ3n) is 4.27. The molecule has 20 heavy (non-hydrogen) atoms. The number of hydrogen-bond donors (Lipinski definition) is 1. The van der Waals surface area contributed by atoms with Crippen molar-refractivity contribution in [3.05, 3.63) is 0 Å². The molecule has 0 aromatic heterocycles. The lowest BCUT2D eigenvalue weighted by Gasteiger charge is -2.34. The van der Waals surface area contributed by atoms with Gasteiger partial charge >= 0.3 is 0 Å². The molecule has 120 valence electrons. The monoisotopic (exact) mass is 284 g/mol. The van der Waals surface area contributed by atoms with Crippen molar-refractivity contribution < 1.29 is 4.74 Å². The van der Waals surface area contributed by atoms with E-state index < -0.39 is 0 Å². The molecule has 0 saturated carbocycles. The predicted molar refractivity (Wildman–Crippen MR) is 87.2 cm³/mol. The van der Waals surface area contributed by atoms with Crippen molar-refractivity contribution in [2.75, 3.05) is 33.3 Å². The fourth-order valence-corrected chi connectivity index (χ4v) is 2.90. The summed E-state index contributed by atoms with van der Waals surface area (Å²) in [6, 6.07) is 0.595. The van der Waals surface area contributed by atoms with Gasteiger partial charge in [-0.2, -0.15) is 0 Å². The number of rotatable bonds is 8. The van der Waals surface area contributed by atoms with Crippen molar-refractivity contribution in [3.63, 3.8) is 0 Å². The highest BCUT2D eigenvalue weighted by Crippen LogP contribution is 2.22. The summed E-state index contributed by atoms with van der Waals surface area (Å²) in [5.41, 5.74) is 0.331. The maximum Gasteiger partial charge on any atom is 0.0701 e. The fourth-order valence-electron chi connectivity index (χ4n) is 2.90. The first-order valence-electron chi connectivity index (χ1n) is 8.47. The molecule has 1 rings (SSSR count). The van der Waals surface area contributed by atoms with Crippen LogP contribution in [0.1, 0.15) is 59.8 Å². The van der Waals surface area contributed by atoms with Crippen molar-refractivity contribution in [3.8, 4) is 0 Å². The van der Waals surface area contributed by atoms with Gasteiger partial charge in [-0.05, 0) is 57.7 Å². The molecule has 1 N–H and O–H groups in total. The van der Waals surface area contributed by atoms with Gasteiger partial charge in [-0.25, -0.2) is 0 Å². The van der Waals surface area contributed by atoms with E-state index in [4.69, 9.17) is 4.74 Å². The normalized spacial score (nSPS) is 22.2. The average Bonchev–Trinajstić information content (AvgIpc) is 2.38. The van der Waals surface area contributed by atoms with Gasteiger partial charge in [0.25, 0.3) is 0 Å². The summed E-state index contributed by atoms with van der Waals surface area (Å²) in [7, 11) is 2.23. The molecule has 2 atom stereocenters. The predicted octanol–water partition coefficient (Wildman–Crippen LogP) is 3.29. The lowest BCUT2D eigenvalue weighted by molar-refractivity contribution is -0.00232. The number of nitrogens with one attached hydrogen (secondary N) is 1. The highest BCUT2D eigenvalue weighted by Gasteiger charge is 2.24. The molecule has 1 aliphatic heterocycles. The van der Waals surface area contributed by atoms with Gasteiger partial charge in [0.2, 0.25) is 0 Å². The number of nitrogens with zero attached hydrogens (tertiary/aromatic N) is 1. The molecule has 0 spiro atoms. The maximum absolute atomic E-state index is 5.83. The molecule has 0 aromatic rings. The van der Waals surface area contributed by atoms with Crippen molar-refractivity contribution in [1.29, 1.82) is 0 Å². The van der Waals surface area contributed by atoms with E-state index in [1.54, 1.807) is 0 Å². The number of hydrogen-bond acceptors (Lipinski definition) is 3. The third-order valence-corrected chi connectivity index (χ3v) is 4.27. The molecule has 0 aliphatic carbocycles. The Labute approximate surface area is 126 Å². The van der Waals surface area contributed by atoms with E-state index in [0.717, 1.165) is 26.2 Å². The molecule has 0 aromatic carbocycles. The molecule has 1 heterocycles. The van der Waals surface area contributed by atoms with Crippen LogP contribution >= 0.6 is 0 Å². The van der Waals surface area contributed by atoms with Crippen LogP contribution in [0.15, 0.2) is 0 Å². The van der Waals surface area contributed by atoms with E-state index in [1.807, 2.05) is 0 Å². The quantitative estimate of drug-likeness (QED) is 0.740. The molecule has 2 unspecified atom stereocenters. The minimum atomic E-state index is 0.331. The molecule has 3 heteroatoms. The van der Waals surface area contributed by atoms with Gasteiger partial charge in [0.1, 0.15) is 0 Å². The molecule has 1 fully saturated rings. The zero-order chi connectivity index (χ0) is 15.0. The second kappa shape index (κ2) is 9.01. The Balaban J connectivity index is 2.29. The van der Waals surface area contributed by atoms with Crippen molar-refractivity contribution in [1.82, 2.24) is 10.2 Å². The minimum absolute atomic E-state index is 0.331. The van der Waals surface area contributed by atoms with Crippen LogP contribution in [0.4, 0.5) is 0 Å². The van der Waals surface area contributed by atoms with Crippen molar-refractivity contribution in [2.45, 2.75) is 71.9 Å². The molecular weight excluding hydrogens is 248 g/mol. The Hall–Kier alpha value is -0.120. The Morgan fingerprint density at radius 1 is 1.30 bits per heavy atom. The first-order chi connectivity index (χ1) is 9.43. The maximum atomic E-state index is 5.83. The summed E-state index contributed by atoms with van der Waals surface area (Å²) >= 11 is 0. The zero-order valence-corrected chi connectivity index (χ0v) is 14.4. The topological polar surface area (TPSA) is 24.5 Å². The van der Waals surface area contributed by atoms with E-state index in [2.05, 4.69) is 45.0 Å². The van der Waals surface area contributed by atoms with E-state index in [9.17, 15) is 0 Å². The smallest absolute Gasteiger partial charge is 0.0701 e. The standard InChI is InChI=1S/C17H36N2O/c1-6-11-18-16(17(2,3)4)10-12-19(5)14-15-9-7-8-13-20-15/h15-16,18H,6-14H2,1-5H3. The second-order valence-corrected chi connectivity index (χ2v) is 7.41. The first-order valence-corrected chi connectivity index (χ1v) is 8.47. The van der Waals surface area contributed by atoms with Gasteiger partial charge < -0.3 is 15.0 Å². The summed E-state index contributed by atoms with van der Waals surface area (Å²) < 4.78 is 5.83. The summed E-state index contributed by atoms with van der Waals surface area (Å²) in [4.78, 5) is 2.45. The van der Waals surface area contributed by atoms with Crippen molar-refractivity contribution in [2.24, 2.45) is 5.41 Å². The van der Waals surface area contributed by atoms with Crippen LogP contribution in [0, 0.1) is 5.41 Å². The van der Waals surface area contributed by atoms with Gasteiger partial charge in [0, 0.05) is 19.2 Å². The number of ether oxygens (including phenoxy) is 1. The van der Waals surface area contributed by atoms with Crippen LogP contribution in [0.25, 0.3) is 0 Å². The van der Waals surface area contributed by atoms with Crippen molar-refractivity contribution >= 4 is 0 Å². The number of likely N-dealkylation sites (N-methyl/N-ethyl adjacent to an activating group) is 1. The third kappa shape index (κ3) is 7.05. The summed E-state index contributed by atoms with van der Waals surface area (Å²) in [5, 5.41) is 3.71. The second-order valence-electron chi connectivity index (χ2n) is 7.41. The van der Waals surface area contributed by atoms with Crippen LogP contribution < -0.4 is 5.32 Å². The van der Waals surface area contributed by atoms with E-state index >= 15 is 0 Å². The Morgan fingerprint density at radius 2 is 2.05 bits per heavy atom. The largest absolute Gasteiger partial charge is 0.377 e. The van der Waals surface area contributed by atoms with Crippen LogP contribution in [0.3, 0.4) is 0 Å². The molecule has 0 amide bonds. The van der Waals surface area contributed by atoms with Crippen LogP contribution in [0.2, 0.25) is 0 Å². The zero-order valence-electron chi connectivity index (χ0n) is 14.4. The van der Waals surface area contributed by atoms with Gasteiger partial charge in [-0.1, -0.05) is 27.7 Å². The molecule has 3 nitrogen and oxygen atoms in total. The molecule has 0 radical (unpaired) electrons. The van der Waals surface area contributed by atoms with Crippen LogP contribution in [-0.2, 0) is 4.74 Å². The highest BCUT2D eigenvalue weighted by molar-refractivity contribution is 4.81. The van der Waals surface area contributed by atoms with Gasteiger partial charge in [0.05, 0.1) is 6.10 Å². The Kier molecular flexibility index (Phi) is 8.08. The first kappa shape index (κ1) is 17.9. The summed E-state index contributed by atoms with van der Waals surface area (Å²) in [6.07, 6.45) is 6.70. The average molecular weight is 284 g/mol. The summed E-state index contributed by atoms with van der Waals surface area (Å²) in [6.45, 7) is 13.6.